The predicted octanol–water partition coefficient (Wildman–Crippen LogP) is 1.96. The van der Waals surface area contributed by atoms with Gasteiger partial charge in [0.25, 0.3) is 0 Å². The Morgan fingerprint density at radius 3 is 2.40 bits per heavy atom. The van der Waals surface area contributed by atoms with Crippen LogP contribution in [0.2, 0.25) is 0 Å². The molecule has 0 aromatic heterocycles. The lowest BCUT2D eigenvalue weighted by molar-refractivity contribution is 0.1000. The highest BCUT2D eigenvalue weighted by Gasteiger charge is 2.03. The second kappa shape index (κ2) is 5.97. The molecule has 1 amide bonds. The van der Waals surface area contributed by atoms with E-state index in [4.69, 9.17) is 20.9 Å². The number of nitrogens with two attached hydrogens (primary N) is 2. The molecule has 0 radical (unpaired) electrons. The Hall–Kier alpha value is -2.69. The molecule has 0 heterocycles. The third-order valence-corrected chi connectivity index (χ3v) is 2.85. The van der Waals surface area contributed by atoms with Crippen molar-refractivity contribution in [3.8, 4) is 11.5 Å². The highest BCUT2D eigenvalue weighted by atomic mass is 16.5. The van der Waals surface area contributed by atoms with Crippen molar-refractivity contribution in [2.75, 3.05) is 12.8 Å². The van der Waals surface area contributed by atoms with Gasteiger partial charge in [0, 0.05) is 11.6 Å². The number of benzene rings is 2. The lowest BCUT2D eigenvalue weighted by atomic mass is 10.1. The van der Waals surface area contributed by atoms with Gasteiger partial charge in [0.05, 0.1) is 12.8 Å². The number of carbonyl (C=O) groups is 1. The third kappa shape index (κ3) is 3.20. The number of primary amides is 1. The Balaban J connectivity index is 2.01. The lowest BCUT2D eigenvalue weighted by Crippen LogP contribution is -2.10. The maximum atomic E-state index is 11.0. The van der Waals surface area contributed by atoms with Crippen LogP contribution in [0.5, 0.6) is 11.5 Å². The fourth-order valence-electron chi connectivity index (χ4n) is 1.73. The second-order valence-corrected chi connectivity index (χ2v) is 4.25. The third-order valence-electron chi connectivity index (χ3n) is 2.85. The van der Waals surface area contributed by atoms with Gasteiger partial charge in [0.1, 0.15) is 18.1 Å². The fraction of sp³-hybridized carbons (Fsp3) is 0.133. The molecule has 0 spiro atoms. The molecule has 0 saturated carbocycles. The number of hydrogen-bond acceptors (Lipinski definition) is 4. The highest BCUT2D eigenvalue weighted by Crippen LogP contribution is 2.26. The minimum atomic E-state index is -0.444. The van der Waals surface area contributed by atoms with Crippen molar-refractivity contribution in [2.24, 2.45) is 5.73 Å². The zero-order valence-corrected chi connectivity index (χ0v) is 11.1. The number of ether oxygens (including phenoxy) is 2. The van der Waals surface area contributed by atoms with Gasteiger partial charge in [-0.2, -0.15) is 0 Å². The Bertz CT molecular complexity index is 609. The van der Waals surface area contributed by atoms with Crippen molar-refractivity contribution >= 4 is 11.6 Å². The van der Waals surface area contributed by atoms with Gasteiger partial charge in [0.15, 0.2) is 0 Å². The van der Waals surface area contributed by atoms with Crippen LogP contribution in [0, 0.1) is 0 Å². The van der Waals surface area contributed by atoms with Crippen molar-refractivity contribution in [2.45, 2.75) is 6.61 Å². The molecule has 0 fully saturated rings. The summed E-state index contributed by atoms with van der Waals surface area (Å²) in [6, 6.07) is 12.2. The SMILES string of the molecule is COc1ccc(OCc2ccc(C(N)=O)cc2)cc1N. The van der Waals surface area contributed by atoms with Gasteiger partial charge < -0.3 is 20.9 Å². The number of hydrogen-bond donors (Lipinski definition) is 2. The van der Waals surface area contributed by atoms with Crippen LogP contribution in [0.1, 0.15) is 15.9 Å². The Labute approximate surface area is 117 Å². The Kier molecular flexibility index (Phi) is 4.10. The number of carbonyl (C=O) groups excluding carboxylic acids is 1. The smallest absolute Gasteiger partial charge is 0.248 e. The first-order chi connectivity index (χ1) is 9.60. The normalized spacial score (nSPS) is 10.1. The van der Waals surface area contributed by atoms with E-state index in [-0.39, 0.29) is 0 Å². The predicted molar refractivity (Wildman–Crippen MR) is 76.7 cm³/mol. The van der Waals surface area contributed by atoms with Gasteiger partial charge in [-0.1, -0.05) is 12.1 Å². The maximum Gasteiger partial charge on any atom is 0.248 e. The summed E-state index contributed by atoms with van der Waals surface area (Å²) in [4.78, 5) is 11.0. The fourth-order valence-corrected chi connectivity index (χ4v) is 1.73. The summed E-state index contributed by atoms with van der Waals surface area (Å²) in [5.74, 6) is 0.825. The molecule has 4 N–H and O–H groups in total. The molecule has 20 heavy (non-hydrogen) atoms. The summed E-state index contributed by atoms with van der Waals surface area (Å²) in [7, 11) is 1.56. The molecule has 0 aliphatic heterocycles. The minimum absolute atomic E-state index is 0.380. The summed E-state index contributed by atoms with van der Waals surface area (Å²) in [5.41, 5.74) is 12.9. The van der Waals surface area contributed by atoms with Crippen molar-refractivity contribution in [1.82, 2.24) is 0 Å². The molecule has 0 aliphatic rings. The summed E-state index contributed by atoms with van der Waals surface area (Å²) < 4.78 is 10.7. The van der Waals surface area contributed by atoms with Crippen LogP contribution in [-0.2, 0) is 6.61 Å². The van der Waals surface area contributed by atoms with Crippen molar-refractivity contribution in [3.05, 3.63) is 53.6 Å². The average Bonchev–Trinajstić information content (AvgIpc) is 2.45. The molecule has 0 bridgehead atoms. The number of anilines is 1. The van der Waals surface area contributed by atoms with E-state index in [1.165, 1.54) is 0 Å². The first-order valence-electron chi connectivity index (χ1n) is 6.05. The number of methoxy groups -OCH3 is 1. The van der Waals surface area contributed by atoms with E-state index < -0.39 is 5.91 Å². The molecule has 5 nitrogen and oxygen atoms in total. The van der Waals surface area contributed by atoms with E-state index in [1.54, 1.807) is 49.6 Å². The Morgan fingerprint density at radius 1 is 1.15 bits per heavy atom. The second-order valence-electron chi connectivity index (χ2n) is 4.25. The lowest BCUT2D eigenvalue weighted by Gasteiger charge is -2.09. The van der Waals surface area contributed by atoms with Crippen LogP contribution < -0.4 is 20.9 Å². The highest BCUT2D eigenvalue weighted by molar-refractivity contribution is 5.92. The molecule has 2 rings (SSSR count). The van der Waals surface area contributed by atoms with Gasteiger partial charge in [-0.3, -0.25) is 4.79 Å². The summed E-state index contributed by atoms with van der Waals surface area (Å²) in [5, 5.41) is 0. The first kappa shape index (κ1) is 13.7. The monoisotopic (exact) mass is 272 g/mol. The molecule has 0 aliphatic carbocycles. The van der Waals surface area contributed by atoms with Crippen molar-refractivity contribution < 1.29 is 14.3 Å². The van der Waals surface area contributed by atoms with Crippen LogP contribution in [0.3, 0.4) is 0 Å². The van der Waals surface area contributed by atoms with Gasteiger partial charge in [-0.25, -0.2) is 0 Å². The van der Waals surface area contributed by atoms with Crippen LogP contribution in [-0.4, -0.2) is 13.0 Å². The number of nitrogen functional groups attached to an aromatic ring is 1. The Morgan fingerprint density at radius 2 is 1.85 bits per heavy atom. The largest absolute Gasteiger partial charge is 0.495 e. The van der Waals surface area contributed by atoms with Crippen molar-refractivity contribution in [3.63, 3.8) is 0 Å². The molecule has 104 valence electrons. The van der Waals surface area contributed by atoms with E-state index in [0.717, 1.165) is 5.56 Å². The molecule has 5 heteroatoms. The van der Waals surface area contributed by atoms with Gasteiger partial charge >= 0.3 is 0 Å². The van der Waals surface area contributed by atoms with E-state index >= 15 is 0 Å². The number of rotatable bonds is 5. The molecule has 0 unspecified atom stereocenters. The molecule has 0 atom stereocenters. The molecule has 2 aromatic rings. The molecular formula is C15H16N2O3. The zero-order chi connectivity index (χ0) is 14.5. The minimum Gasteiger partial charge on any atom is -0.495 e. The van der Waals surface area contributed by atoms with Gasteiger partial charge in [-0.05, 0) is 29.8 Å². The summed E-state index contributed by atoms with van der Waals surface area (Å²) in [6.45, 7) is 0.380. The van der Waals surface area contributed by atoms with Crippen LogP contribution in [0.15, 0.2) is 42.5 Å². The molecular weight excluding hydrogens is 256 g/mol. The zero-order valence-electron chi connectivity index (χ0n) is 11.1. The topological polar surface area (TPSA) is 87.6 Å². The summed E-state index contributed by atoms with van der Waals surface area (Å²) >= 11 is 0. The summed E-state index contributed by atoms with van der Waals surface area (Å²) in [6.07, 6.45) is 0. The van der Waals surface area contributed by atoms with Crippen LogP contribution in [0.4, 0.5) is 5.69 Å². The van der Waals surface area contributed by atoms with E-state index in [2.05, 4.69) is 0 Å². The quantitative estimate of drug-likeness (QED) is 0.814. The molecule has 0 saturated heterocycles. The molecule has 2 aromatic carbocycles. The average molecular weight is 272 g/mol. The first-order valence-corrected chi connectivity index (χ1v) is 6.05. The van der Waals surface area contributed by atoms with E-state index in [1.807, 2.05) is 0 Å². The van der Waals surface area contributed by atoms with Gasteiger partial charge in [-0.15, -0.1) is 0 Å². The standard InChI is InChI=1S/C15H16N2O3/c1-19-14-7-6-12(8-13(14)16)20-9-10-2-4-11(5-3-10)15(17)18/h2-8H,9,16H2,1H3,(H2,17,18). The van der Waals surface area contributed by atoms with E-state index in [9.17, 15) is 4.79 Å². The number of amides is 1. The van der Waals surface area contributed by atoms with Crippen LogP contribution >= 0.6 is 0 Å². The van der Waals surface area contributed by atoms with Crippen molar-refractivity contribution in [1.29, 1.82) is 0 Å². The maximum absolute atomic E-state index is 11.0. The van der Waals surface area contributed by atoms with E-state index in [0.29, 0.717) is 29.4 Å². The van der Waals surface area contributed by atoms with Gasteiger partial charge in [0.2, 0.25) is 5.91 Å². The van der Waals surface area contributed by atoms with Crippen LogP contribution in [0.25, 0.3) is 0 Å².